The summed E-state index contributed by atoms with van der Waals surface area (Å²) in [6.07, 6.45) is 7.84. The monoisotopic (exact) mass is 294 g/mol. The van der Waals surface area contributed by atoms with Gasteiger partial charge in [-0.1, -0.05) is 12.8 Å². The van der Waals surface area contributed by atoms with Gasteiger partial charge in [-0.25, -0.2) is 0 Å². The summed E-state index contributed by atoms with van der Waals surface area (Å²) in [4.78, 5) is 26.3. The first-order valence-corrected chi connectivity index (χ1v) is 8.42. The Morgan fingerprint density at radius 3 is 2.48 bits per heavy atom. The van der Waals surface area contributed by atoms with Gasteiger partial charge in [0.05, 0.1) is 11.8 Å². The van der Waals surface area contributed by atoms with Crippen LogP contribution in [-0.2, 0) is 9.59 Å². The van der Waals surface area contributed by atoms with E-state index in [1.165, 1.54) is 19.4 Å². The predicted octanol–water partition coefficient (Wildman–Crippen LogP) is 1.62. The zero-order valence-electron chi connectivity index (χ0n) is 12.6. The summed E-state index contributed by atoms with van der Waals surface area (Å²) in [6, 6.07) is 0.874. The van der Waals surface area contributed by atoms with E-state index in [-0.39, 0.29) is 17.9 Å². The lowest BCUT2D eigenvalue weighted by atomic mass is 9.78. The zero-order valence-corrected chi connectivity index (χ0v) is 12.6. The molecule has 0 aromatic rings. The van der Waals surface area contributed by atoms with Crippen molar-refractivity contribution in [2.45, 2.75) is 63.5 Å². The molecule has 1 saturated carbocycles. The molecule has 0 radical (unpaired) electrons. The molecule has 5 nitrogen and oxygen atoms in total. The van der Waals surface area contributed by atoms with Gasteiger partial charge in [-0.2, -0.15) is 0 Å². The molecule has 4 atom stereocenters. The third kappa shape index (κ3) is 3.23. The molecule has 21 heavy (non-hydrogen) atoms. The lowest BCUT2D eigenvalue weighted by Crippen LogP contribution is -2.50. The minimum atomic E-state index is -0.805. The molecule has 3 rings (SSSR count). The number of nitrogens with zero attached hydrogens (tertiary/aromatic N) is 1. The molecule has 3 fully saturated rings. The Balaban J connectivity index is 1.56. The number of rotatable bonds is 3. The quantitative estimate of drug-likeness (QED) is 0.830. The molecular formula is C16H26N2O3. The fraction of sp³-hybridized carbons (Fsp3) is 0.875. The van der Waals surface area contributed by atoms with Crippen LogP contribution < -0.4 is 5.32 Å². The number of carboxylic acids is 1. The van der Waals surface area contributed by atoms with Crippen LogP contribution in [0, 0.1) is 11.8 Å². The highest BCUT2D eigenvalue weighted by atomic mass is 16.4. The molecule has 118 valence electrons. The second kappa shape index (κ2) is 6.34. The molecule has 0 spiro atoms. The molecular weight excluding hydrogens is 268 g/mol. The summed E-state index contributed by atoms with van der Waals surface area (Å²) >= 11 is 0. The van der Waals surface area contributed by atoms with Crippen molar-refractivity contribution in [3.05, 3.63) is 0 Å². The van der Waals surface area contributed by atoms with Crippen molar-refractivity contribution in [1.29, 1.82) is 0 Å². The van der Waals surface area contributed by atoms with E-state index in [2.05, 4.69) is 10.2 Å². The highest BCUT2D eigenvalue weighted by molar-refractivity contribution is 5.85. The van der Waals surface area contributed by atoms with E-state index >= 15 is 0 Å². The number of carboxylic acid groups (broad SMARTS) is 1. The van der Waals surface area contributed by atoms with E-state index in [9.17, 15) is 14.7 Å². The fourth-order valence-corrected chi connectivity index (χ4v) is 4.40. The zero-order chi connectivity index (χ0) is 14.8. The largest absolute Gasteiger partial charge is 0.481 e. The Bertz CT molecular complexity index is 412. The summed E-state index contributed by atoms with van der Waals surface area (Å²) in [5.41, 5.74) is 0. The minimum absolute atomic E-state index is 0.0152. The number of carbonyl (C=O) groups excluding carboxylic acids is 1. The Hall–Kier alpha value is -1.10. The third-order valence-corrected chi connectivity index (χ3v) is 5.59. The Morgan fingerprint density at radius 1 is 0.952 bits per heavy atom. The van der Waals surface area contributed by atoms with Crippen molar-refractivity contribution < 1.29 is 14.7 Å². The molecule has 2 saturated heterocycles. The standard InChI is InChI=1S/C16H26N2O3/c19-15(13-5-1-2-6-14(13)16(20)21)17-11-7-9-18-8-3-4-12(18)10-11/h11-14H,1-10H2,(H,17,19)(H,20,21)/t11?,12?,13-,14+/m1/s1. The van der Waals surface area contributed by atoms with Crippen LogP contribution in [0.2, 0.25) is 0 Å². The van der Waals surface area contributed by atoms with E-state index in [0.29, 0.717) is 12.5 Å². The molecule has 0 bridgehead atoms. The predicted molar refractivity (Wildman–Crippen MR) is 78.8 cm³/mol. The van der Waals surface area contributed by atoms with Gasteiger partial charge in [-0.15, -0.1) is 0 Å². The van der Waals surface area contributed by atoms with Gasteiger partial charge in [-0.3, -0.25) is 9.59 Å². The van der Waals surface area contributed by atoms with Gasteiger partial charge in [0, 0.05) is 18.6 Å². The van der Waals surface area contributed by atoms with Crippen molar-refractivity contribution in [2.24, 2.45) is 11.8 Å². The third-order valence-electron chi connectivity index (χ3n) is 5.59. The first kappa shape index (κ1) is 14.8. The number of fused-ring (bicyclic) bond motifs is 1. The summed E-state index contributed by atoms with van der Waals surface area (Å²) < 4.78 is 0. The van der Waals surface area contributed by atoms with Crippen LogP contribution in [0.4, 0.5) is 0 Å². The highest BCUT2D eigenvalue weighted by Crippen LogP contribution is 2.31. The molecule has 0 aromatic heterocycles. The van der Waals surface area contributed by atoms with Crippen molar-refractivity contribution in [3.8, 4) is 0 Å². The Labute approximate surface area is 126 Å². The number of nitrogens with one attached hydrogen (secondary N) is 1. The summed E-state index contributed by atoms with van der Waals surface area (Å²) in [5, 5.41) is 12.5. The van der Waals surface area contributed by atoms with Crippen molar-refractivity contribution in [2.75, 3.05) is 13.1 Å². The van der Waals surface area contributed by atoms with Crippen LogP contribution in [-0.4, -0.2) is 47.1 Å². The molecule has 1 aliphatic carbocycles. The number of piperidine rings is 1. The molecule has 3 aliphatic rings. The summed E-state index contributed by atoms with van der Waals surface area (Å²) in [6.45, 7) is 2.28. The summed E-state index contributed by atoms with van der Waals surface area (Å²) in [7, 11) is 0. The average Bonchev–Trinajstić information content (AvgIpc) is 2.94. The number of carbonyl (C=O) groups is 2. The SMILES string of the molecule is O=C(O)[C@H]1CCCC[C@H]1C(=O)NC1CCN2CCCC2C1. The fourth-order valence-electron chi connectivity index (χ4n) is 4.40. The molecule has 2 N–H and O–H groups in total. The second-order valence-electron chi connectivity index (χ2n) is 6.90. The lowest BCUT2D eigenvalue weighted by Gasteiger charge is -2.36. The number of aliphatic carboxylic acids is 1. The molecule has 2 aliphatic heterocycles. The maximum atomic E-state index is 12.5. The average molecular weight is 294 g/mol. The first-order chi connectivity index (χ1) is 10.1. The molecule has 0 aromatic carbocycles. The maximum Gasteiger partial charge on any atom is 0.307 e. The van der Waals surface area contributed by atoms with E-state index in [4.69, 9.17) is 0 Å². The number of amides is 1. The van der Waals surface area contributed by atoms with Crippen molar-refractivity contribution >= 4 is 11.9 Å². The highest BCUT2D eigenvalue weighted by Gasteiger charge is 2.38. The molecule has 2 unspecified atom stereocenters. The van der Waals surface area contributed by atoms with Gasteiger partial charge < -0.3 is 15.3 Å². The van der Waals surface area contributed by atoms with Gasteiger partial charge in [0.15, 0.2) is 0 Å². The Kier molecular flexibility index (Phi) is 4.48. The van der Waals surface area contributed by atoms with Crippen LogP contribution in [0.3, 0.4) is 0 Å². The van der Waals surface area contributed by atoms with Gasteiger partial charge in [0.1, 0.15) is 0 Å². The van der Waals surface area contributed by atoms with Crippen molar-refractivity contribution in [1.82, 2.24) is 10.2 Å². The molecule has 5 heteroatoms. The lowest BCUT2D eigenvalue weighted by molar-refractivity contribution is -0.149. The number of hydrogen-bond acceptors (Lipinski definition) is 3. The van der Waals surface area contributed by atoms with Crippen LogP contribution >= 0.6 is 0 Å². The van der Waals surface area contributed by atoms with Gasteiger partial charge in [0.2, 0.25) is 5.91 Å². The van der Waals surface area contributed by atoms with Crippen LogP contribution in [0.5, 0.6) is 0 Å². The molecule has 1 amide bonds. The van der Waals surface area contributed by atoms with Crippen molar-refractivity contribution in [3.63, 3.8) is 0 Å². The van der Waals surface area contributed by atoms with Gasteiger partial charge >= 0.3 is 5.97 Å². The molecule has 2 heterocycles. The van der Waals surface area contributed by atoms with E-state index < -0.39 is 11.9 Å². The normalized spacial score (nSPS) is 37.0. The minimum Gasteiger partial charge on any atom is -0.481 e. The van der Waals surface area contributed by atoms with Gasteiger partial charge in [-0.05, 0) is 45.1 Å². The topological polar surface area (TPSA) is 69.6 Å². The maximum absolute atomic E-state index is 12.5. The van der Waals surface area contributed by atoms with E-state index in [0.717, 1.165) is 38.6 Å². The Morgan fingerprint density at radius 2 is 1.71 bits per heavy atom. The van der Waals surface area contributed by atoms with Crippen LogP contribution in [0.1, 0.15) is 51.4 Å². The van der Waals surface area contributed by atoms with E-state index in [1.807, 2.05) is 0 Å². The first-order valence-electron chi connectivity index (χ1n) is 8.42. The number of hydrogen-bond donors (Lipinski definition) is 2. The van der Waals surface area contributed by atoms with Crippen LogP contribution in [0.25, 0.3) is 0 Å². The summed E-state index contributed by atoms with van der Waals surface area (Å²) in [5.74, 6) is -1.62. The van der Waals surface area contributed by atoms with E-state index in [1.54, 1.807) is 0 Å². The second-order valence-corrected chi connectivity index (χ2v) is 6.90. The smallest absolute Gasteiger partial charge is 0.307 e. The van der Waals surface area contributed by atoms with Gasteiger partial charge in [0.25, 0.3) is 0 Å². The van der Waals surface area contributed by atoms with Crippen LogP contribution in [0.15, 0.2) is 0 Å².